The Balaban J connectivity index is 2.07. The van der Waals surface area contributed by atoms with Crippen molar-refractivity contribution in [2.75, 3.05) is 13.7 Å². The molecule has 3 heteroatoms. The molecule has 1 aliphatic carbocycles. The van der Waals surface area contributed by atoms with E-state index in [2.05, 4.69) is 13.0 Å². The third kappa shape index (κ3) is 2.79. The van der Waals surface area contributed by atoms with E-state index in [1.165, 1.54) is 11.1 Å². The maximum absolute atomic E-state index is 6.05. The Kier molecular flexibility index (Phi) is 4.02. The van der Waals surface area contributed by atoms with Gasteiger partial charge in [-0.25, -0.2) is 0 Å². The standard InChI is InChI=1S/C14H21NO2/c1-10(8-9-16-2)17-14-5-3-4-11-12(14)6-7-13(11)15/h3-5,10,13H,6-9,15H2,1-2H3. The fourth-order valence-corrected chi connectivity index (χ4v) is 2.32. The van der Waals surface area contributed by atoms with Crippen molar-refractivity contribution in [3.05, 3.63) is 29.3 Å². The number of hydrogen-bond acceptors (Lipinski definition) is 3. The Morgan fingerprint density at radius 3 is 3.06 bits per heavy atom. The predicted molar refractivity (Wildman–Crippen MR) is 68.3 cm³/mol. The minimum atomic E-state index is 0.179. The molecule has 2 unspecified atom stereocenters. The van der Waals surface area contributed by atoms with Crippen LogP contribution in [0.15, 0.2) is 18.2 Å². The SMILES string of the molecule is COCCC(C)Oc1cccc2c1CCC2N. The molecule has 0 aliphatic heterocycles. The molecular formula is C14H21NO2. The first kappa shape index (κ1) is 12.4. The predicted octanol–water partition coefficient (Wildman–Crippen LogP) is 2.44. The summed E-state index contributed by atoms with van der Waals surface area (Å²) in [5.74, 6) is 0.999. The zero-order chi connectivity index (χ0) is 12.3. The summed E-state index contributed by atoms with van der Waals surface area (Å²) in [5, 5.41) is 0. The van der Waals surface area contributed by atoms with E-state index in [0.29, 0.717) is 0 Å². The minimum absolute atomic E-state index is 0.179. The molecule has 94 valence electrons. The molecular weight excluding hydrogens is 214 g/mol. The molecule has 2 N–H and O–H groups in total. The van der Waals surface area contributed by atoms with Crippen molar-refractivity contribution in [1.29, 1.82) is 0 Å². The lowest BCUT2D eigenvalue weighted by molar-refractivity contribution is 0.134. The van der Waals surface area contributed by atoms with Crippen molar-refractivity contribution in [3.8, 4) is 5.75 Å². The lowest BCUT2D eigenvalue weighted by Crippen LogP contribution is -2.15. The zero-order valence-electron chi connectivity index (χ0n) is 10.6. The van der Waals surface area contributed by atoms with E-state index in [-0.39, 0.29) is 12.1 Å². The molecule has 1 aromatic carbocycles. The van der Waals surface area contributed by atoms with Gasteiger partial charge < -0.3 is 15.2 Å². The molecule has 0 heterocycles. The molecule has 17 heavy (non-hydrogen) atoms. The van der Waals surface area contributed by atoms with E-state index in [1.807, 2.05) is 12.1 Å². The fraction of sp³-hybridized carbons (Fsp3) is 0.571. The van der Waals surface area contributed by atoms with E-state index < -0.39 is 0 Å². The Bertz CT molecular complexity index is 378. The minimum Gasteiger partial charge on any atom is -0.490 e. The van der Waals surface area contributed by atoms with Crippen LogP contribution in [0.2, 0.25) is 0 Å². The highest BCUT2D eigenvalue weighted by Crippen LogP contribution is 2.35. The van der Waals surface area contributed by atoms with Crippen LogP contribution >= 0.6 is 0 Å². The van der Waals surface area contributed by atoms with Gasteiger partial charge in [0.25, 0.3) is 0 Å². The van der Waals surface area contributed by atoms with Crippen LogP contribution in [0.25, 0.3) is 0 Å². The number of hydrogen-bond donors (Lipinski definition) is 1. The van der Waals surface area contributed by atoms with Gasteiger partial charge in [-0.05, 0) is 37.0 Å². The molecule has 0 spiro atoms. The van der Waals surface area contributed by atoms with Gasteiger partial charge in [0.05, 0.1) is 6.10 Å². The summed E-state index contributed by atoms with van der Waals surface area (Å²) in [7, 11) is 1.71. The lowest BCUT2D eigenvalue weighted by Gasteiger charge is -2.17. The highest BCUT2D eigenvalue weighted by atomic mass is 16.5. The molecule has 0 amide bonds. The van der Waals surface area contributed by atoms with Gasteiger partial charge in [-0.1, -0.05) is 12.1 Å². The topological polar surface area (TPSA) is 44.5 Å². The number of rotatable bonds is 5. The van der Waals surface area contributed by atoms with Crippen molar-refractivity contribution < 1.29 is 9.47 Å². The van der Waals surface area contributed by atoms with Gasteiger partial charge in [-0.15, -0.1) is 0 Å². The van der Waals surface area contributed by atoms with Crippen LogP contribution in [-0.4, -0.2) is 19.8 Å². The molecule has 0 radical (unpaired) electrons. The summed E-state index contributed by atoms with van der Waals surface area (Å²) in [6, 6.07) is 6.37. The van der Waals surface area contributed by atoms with Crippen LogP contribution in [0.1, 0.15) is 36.9 Å². The van der Waals surface area contributed by atoms with Gasteiger partial charge in [0.2, 0.25) is 0 Å². The largest absolute Gasteiger partial charge is 0.490 e. The summed E-state index contributed by atoms with van der Waals surface area (Å²) in [6.45, 7) is 2.81. The number of ether oxygens (including phenoxy) is 2. The van der Waals surface area contributed by atoms with E-state index in [0.717, 1.165) is 31.6 Å². The van der Waals surface area contributed by atoms with Gasteiger partial charge in [0, 0.05) is 26.2 Å². The molecule has 2 atom stereocenters. The summed E-state index contributed by atoms with van der Waals surface area (Å²) >= 11 is 0. The molecule has 2 rings (SSSR count). The van der Waals surface area contributed by atoms with Crippen LogP contribution in [0.5, 0.6) is 5.75 Å². The highest BCUT2D eigenvalue weighted by Gasteiger charge is 2.22. The molecule has 1 aromatic rings. The van der Waals surface area contributed by atoms with E-state index >= 15 is 0 Å². The lowest BCUT2D eigenvalue weighted by atomic mass is 10.1. The molecule has 0 bridgehead atoms. The summed E-state index contributed by atoms with van der Waals surface area (Å²) in [4.78, 5) is 0. The first-order chi connectivity index (χ1) is 8.22. The van der Waals surface area contributed by atoms with Crippen LogP contribution in [0, 0.1) is 0 Å². The average molecular weight is 235 g/mol. The van der Waals surface area contributed by atoms with E-state index in [4.69, 9.17) is 15.2 Å². The van der Waals surface area contributed by atoms with Gasteiger partial charge >= 0.3 is 0 Å². The molecule has 1 aliphatic rings. The van der Waals surface area contributed by atoms with Crippen LogP contribution in [-0.2, 0) is 11.2 Å². The monoisotopic (exact) mass is 235 g/mol. The normalized spacial score (nSPS) is 20.1. The summed E-state index contributed by atoms with van der Waals surface area (Å²) < 4.78 is 11.0. The maximum Gasteiger partial charge on any atom is 0.123 e. The van der Waals surface area contributed by atoms with Crippen LogP contribution in [0.4, 0.5) is 0 Å². The summed E-state index contributed by atoms with van der Waals surface area (Å²) in [6.07, 6.45) is 3.15. The molecule has 0 fully saturated rings. The van der Waals surface area contributed by atoms with Gasteiger partial charge in [-0.2, -0.15) is 0 Å². The smallest absolute Gasteiger partial charge is 0.123 e. The molecule has 3 nitrogen and oxygen atoms in total. The van der Waals surface area contributed by atoms with E-state index in [1.54, 1.807) is 7.11 Å². The van der Waals surface area contributed by atoms with Crippen LogP contribution in [0.3, 0.4) is 0 Å². The Labute approximate surface area is 103 Å². The maximum atomic E-state index is 6.05. The number of benzene rings is 1. The second kappa shape index (κ2) is 5.52. The first-order valence-corrected chi connectivity index (χ1v) is 6.25. The number of fused-ring (bicyclic) bond motifs is 1. The van der Waals surface area contributed by atoms with Crippen LogP contribution < -0.4 is 10.5 Å². The third-order valence-corrected chi connectivity index (χ3v) is 3.33. The first-order valence-electron chi connectivity index (χ1n) is 6.25. The fourth-order valence-electron chi connectivity index (χ4n) is 2.32. The van der Waals surface area contributed by atoms with Crippen molar-refractivity contribution >= 4 is 0 Å². The zero-order valence-corrected chi connectivity index (χ0v) is 10.6. The summed E-state index contributed by atoms with van der Waals surface area (Å²) in [5.41, 5.74) is 8.60. The number of nitrogens with two attached hydrogens (primary N) is 1. The Morgan fingerprint density at radius 2 is 2.29 bits per heavy atom. The second-order valence-electron chi connectivity index (χ2n) is 4.68. The molecule has 0 saturated carbocycles. The third-order valence-electron chi connectivity index (χ3n) is 3.33. The van der Waals surface area contributed by atoms with Crippen molar-refractivity contribution in [3.63, 3.8) is 0 Å². The van der Waals surface area contributed by atoms with Gasteiger partial charge in [0.15, 0.2) is 0 Å². The van der Waals surface area contributed by atoms with Gasteiger partial charge in [0.1, 0.15) is 5.75 Å². The quantitative estimate of drug-likeness (QED) is 0.852. The van der Waals surface area contributed by atoms with Crippen molar-refractivity contribution in [2.45, 2.75) is 38.3 Å². The molecule has 0 aromatic heterocycles. The molecule has 0 saturated heterocycles. The number of methoxy groups -OCH3 is 1. The van der Waals surface area contributed by atoms with Gasteiger partial charge in [-0.3, -0.25) is 0 Å². The Hall–Kier alpha value is -1.06. The highest BCUT2D eigenvalue weighted by molar-refractivity contribution is 5.45. The Morgan fingerprint density at radius 1 is 1.47 bits per heavy atom. The van der Waals surface area contributed by atoms with Crippen molar-refractivity contribution in [1.82, 2.24) is 0 Å². The second-order valence-corrected chi connectivity index (χ2v) is 4.68. The van der Waals surface area contributed by atoms with E-state index in [9.17, 15) is 0 Å². The average Bonchev–Trinajstić information content (AvgIpc) is 2.70. The van der Waals surface area contributed by atoms with Crippen molar-refractivity contribution in [2.24, 2.45) is 5.73 Å².